The number of carbonyl (C=O) groups excluding carboxylic acids is 1. The quantitative estimate of drug-likeness (QED) is 0.717. The van der Waals surface area contributed by atoms with Crippen molar-refractivity contribution in [3.8, 4) is 11.4 Å². The van der Waals surface area contributed by atoms with E-state index < -0.39 is 0 Å². The van der Waals surface area contributed by atoms with Crippen LogP contribution in [0.4, 0.5) is 0 Å². The van der Waals surface area contributed by atoms with Crippen molar-refractivity contribution in [2.75, 3.05) is 13.1 Å². The van der Waals surface area contributed by atoms with Crippen LogP contribution in [0.25, 0.3) is 11.4 Å². The normalized spacial score (nSPS) is 20.1. The van der Waals surface area contributed by atoms with Gasteiger partial charge in [-0.2, -0.15) is 4.98 Å². The highest BCUT2D eigenvalue weighted by Gasteiger charge is 2.36. The first kappa shape index (κ1) is 15.5. The van der Waals surface area contributed by atoms with E-state index in [1.54, 1.807) is 35.7 Å². The summed E-state index contributed by atoms with van der Waals surface area (Å²) in [5.74, 6) is 1.51. The molecule has 0 radical (unpaired) electrons. The number of carbonyl (C=O) groups is 1. The summed E-state index contributed by atoms with van der Waals surface area (Å²) in [6.07, 6.45) is 8.49. The largest absolute Gasteiger partial charge is 0.340 e. The molecule has 0 spiro atoms. The Labute approximate surface area is 144 Å². The first-order valence-electron chi connectivity index (χ1n) is 8.18. The Morgan fingerprint density at radius 2 is 2.08 bits per heavy atom. The molecule has 0 aromatic carbocycles. The van der Waals surface area contributed by atoms with E-state index in [9.17, 15) is 4.79 Å². The molecule has 8 nitrogen and oxygen atoms in total. The highest BCUT2D eigenvalue weighted by atomic mass is 16.5. The van der Waals surface area contributed by atoms with Crippen molar-refractivity contribution >= 4 is 5.91 Å². The minimum absolute atomic E-state index is 0.0508. The van der Waals surface area contributed by atoms with Crippen LogP contribution in [-0.4, -0.2) is 48.6 Å². The lowest BCUT2D eigenvalue weighted by atomic mass is 9.98. The molecule has 1 fully saturated rings. The van der Waals surface area contributed by atoms with Gasteiger partial charge in [-0.05, 0) is 18.1 Å². The lowest BCUT2D eigenvalue weighted by Crippen LogP contribution is -2.31. The second-order valence-electron chi connectivity index (χ2n) is 6.31. The fourth-order valence-corrected chi connectivity index (χ4v) is 3.13. The highest BCUT2D eigenvalue weighted by Crippen LogP contribution is 2.32. The number of hydrogen-bond donors (Lipinski definition) is 0. The van der Waals surface area contributed by atoms with E-state index in [2.05, 4.69) is 27.0 Å². The molecule has 1 aliphatic rings. The molecule has 4 rings (SSSR count). The molecule has 0 bridgehead atoms. The highest BCUT2D eigenvalue weighted by molar-refractivity contribution is 5.76. The predicted molar refractivity (Wildman–Crippen MR) is 88.2 cm³/mol. The molecule has 3 aromatic heterocycles. The Balaban J connectivity index is 1.46. The van der Waals surface area contributed by atoms with E-state index in [4.69, 9.17) is 4.52 Å². The maximum Gasteiger partial charge on any atom is 0.242 e. The standard InChI is InChI=1S/C17H18N6O2/c1-12-8-23(15(24)10-22-7-6-19-11-22)9-14(12)17-20-16(21-25-17)13-2-4-18-5-3-13/h2-7,11-12,14H,8-10H2,1H3/t12-,14-/m1/s1. The predicted octanol–water partition coefficient (Wildman–Crippen LogP) is 1.59. The summed E-state index contributed by atoms with van der Waals surface area (Å²) in [7, 11) is 0. The number of likely N-dealkylation sites (tertiary alicyclic amines) is 1. The summed E-state index contributed by atoms with van der Waals surface area (Å²) in [5, 5.41) is 4.07. The lowest BCUT2D eigenvalue weighted by Gasteiger charge is -2.16. The number of nitrogens with zero attached hydrogens (tertiary/aromatic N) is 6. The number of pyridine rings is 1. The summed E-state index contributed by atoms with van der Waals surface area (Å²) >= 11 is 0. The molecule has 4 heterocycles. The van der Waals surface area contributed by atoms with Crippen molar-refractivity contribution in [2.24, 2.45) is 5.92 Å². The molecule has 0 saturated carbocycles. The van der Waals surface area contributed by atoms with Gasteiger partial charge in [-0.15, -0.1) is 0 Å². The second-order valence-corrected chi connectivity index (χ2v) is 6.31. The number of rotatable bonds is 4. The molecule has 0 aliphatic carbocycles. The molecule has 8 heteroatoms. The van der Waals surface area contributed by atoms with Crippen molar-refractivity contribution in [3.63, 3.8) is 0 Å². The third kappa shape index (κ3) is 3.15. The SMILES string of the molecule is C[C@@H]1CN(C(=O)Cn2ccnc2)C[C@H]1c1nc(-c2ccncc2)no1. The fourth-order valence-electron chi connectivity index (χ4n) is 3.13. The zero-order valence-electron chi connectivity index (χ0n) is 13.8. The maximum absolute atomic E-state index is 12.5. The number of amides is 1. The molecule has 25 heavy (non-hydrogen) atoms. The Morgan fingerprint density at radius 1 is 1.24 bits per heavy atom. The molecule has 0 unspecified atom stereocenters. The molecule has 2 atom stereocenters. The molecule has 3 aromatic rings. The molecule has 1 amide bonds. The zero-order chi connectivity index (χ0) is 17.2. The van der Waals surface area contributed by atoms with Gasteiger partial charge in [0.2, 0.25) is 17.6 Å². The van der Waals surface area contributed by atoms with Crippen molar-refractivity contribution < 1.29 is 9.32 Å². The van der Waals surface area contributed by atoms with Crippen LogP contribution in [0.1, 0.15) is 18.7 Å². The van der Waals surface area contributed by atoms with Gasteiger partial charge in [0.15, 0.2) is 0 Å². The van der Waals surface area contributed by atoms with Crippen LogP contribution in [-0.2, 0) is 11.3 Å². The topological polar surface area (TPSA) is 89.9 Å². The van der Waals surface area contributed by atoms with E-state index >= 15 is 0 Å². The smallest absolute Gasteiger partial charge is 0.242 e. The third-order valence-corrected chi connectivity index (χ3v) is 4.54. The van der Waals surface area contributed by atoms with Gasteiger partial charge >= 0.3 is 0 Å². The molecular weight excluding hydrogens is 320 g/mol. The molecule has 1 aliphatic heterocycles. The van der Waals surface area contributed by atoms with E-state index in [0.29, 0.717) is 31.3 Å². The summed E-state index contributed by atoms with van der Waals surface area (Å²) in [6, 6.07) is 3.68. The Kier molecular flexibility index (Phi) is 4.01. The first-order valence-corrected chi connectivity index (χ1v) is 8.18. The van der Waals surface area contributed by atoms with Crippen LogP contribution < -0.4 is 0 Å². The minimum atomic E-state index is 0.0508. The first-order chi connectivity index (χ1) is 12.2. The van der Waals surface area contributed by atoms with Crippen molar-refractivity contribution in [3.05, 3.63) is 49.1 Å². The Bertz CT molecular complexity index is 845. The van der Waals surface area contributed by atoms with Crippen molar-refractivity contribution in [2.45, 2.75) is 19.4 Å². The van der Waals surface area contributed by atoms with Gasteiger partial charge in [0.1, 0.15) is 6.54 Å². The van der Waals surface area contributed by atoms with Crippen LogP contribution in [0.5, 0.6) is 0 Å². The molecule has 128 valence electrons. The summed E-state index contributed by atoms with van der Waals surface area (Å²) < 4.78 is 7.25. The zero-order valence-corrected chi connectivity index (χ0v) is 13.8. The van der Waals surface area contributed by atoms with E-state index in [1.807, 2.05) is 17.0 Å². The van der Waals surface area contributed by atoms with Crippen LogP contribution in [0.15, 0.2) is 47.8 Å². The number of imidazole rings is 1. The second kappa shape index (κ2) is 6.46. The van der Waals surface area contributed by atoms with Crippen molar-refractivity contribution in [1.82, 2.24) is 29.6 Å². The fraction of sp³-hybridized carbons (Fsp3) is 0.353. The number of aromatic nitrogens is 5. The van der Waals surface area contributed by atoms with Gasteiger partial charge in [-0.1, -0.05) is 12.1 Å². The van der Waals surface area contributed by atoms with Crippen LogP contribution >= 0.6 is 0 Å². The monoisotopic (exact) mass is 338 g/mol. The van der Waals surface area contributed by atoms with Gasteiger partial charge in [-0.25, -0.2) is 4.98 Å². The lowest BCUT2D eigenvalue weighted by molar-refractivity contribution is -0.130. The molecule has 0 N–H and O–H groups in total. The summed E-state index contributed by atoms with van der Waals surface area (Å²) in [4.78, 5) is 26.8. The van der Waals surface area contributed by atoms with Crippen LogP contribution in [0, 0.1) is 5.92 Å². The summed E-state index contributed by atoms with van der Waals surface area (Å²) in [5.41, 5.74) is 0.865. The number of hydrogen-bond acceptors (Lipinski definition) is 6. The van der Waals surface area contributed by atoms with Gasteiger partial charge < -0.3 is 14.0 Å². The van der Waals surface area contributed by atoms with Crippen molar-refractivity contribution in [1.29, 1.82) is 0 Å². The Morgan fingerprint density at radius 3 is 2.84 bits per heavy atom. The van der Waals surface area contributed by atoms with E-state index in [-0.39, 0.29) is 17.7 Å². The molecular formula is C17H18N6O2. The van der Waals surface area contributed by atoms with Crippen LogP contribution in [0.2, 0.25) is 0 Å². The minimum Gasteiger partial charge on any atom is -0.340 e. The van der Waals surface area contributed by atoms with E-state index in [1.165, 1.54) is 0 Å². The van der Waals surface area contributed by atoms with Crippen LogP contribution in [0.3, 0.4) is 0 Å². The average molecular weight is 338 g/mol. The van der Waals surface area contributed by atoms with Gasteiger partial charge in [0, 0.05) is 43.4 Å². The van der Waals surface area contributed by atoms with E-state index in [0.717, 1.165) is 5.56 Å². The Hall–Kier alpha value is -3.03. The maximum atomic E-state index is 12.5. The summed E-state index contributed by atoms with van der Waals surface area (Å²) in [6.45, 7) is 3.68. The van der Waals surface area contributed by atoms with Gasteiger partial charge in [-0.3, -0.25) is 9.78 Å². The average Bonchev–Trinajstić information content (AvgIpc) is 3.36. The molecule has 1 saturated heterocycles. The third-order valence-electron chi connectivity index (χ3n) is 4.54. The van der Waals surface area contributed by atoms with Gasteiger partial charge in [0.05, 0.1) is 12.2 Å². The van der Waals surface area contributed by atoms with Gasteiger partial charge in [0.25, 0.3) is 0 Å².